The van der Waals surface area contributed by atoms with Gasteiger partial charge >= 0.3 is 0 Å². The summed E-state index contributed by atoms with van der Waals surface area (Å²) in [5.74, 6) is 0.769. The maximum Gasteiger partial charge on any atom is 0.273 e. The molecule has 2 rings (SSSR count). The molecule has 0 spiro atoms. The van der Waals surface area contributed by atoms with Gasteiger partial charge in [0.05, 0.1) is 6.10 Å². The predicted octanol–water partition coefficient (Wildman–Crippen LogP) is 3.69. The monoisotopic (exact) mass is 304 g/mol. The zero-order valence-electron chi connectivity index (χ0n) is 12.8. The van der Waals surface area contributed by atoms with E-state index >= 15 is 0 Å². The number of carbonyl (C=O) groups excluding carboxylic acids is 1. The standard InChI is InChI=1S/C16H20N2O2S/c1-5-18(4)16(19)14-10-21-15(17-14)12-7-6-8-13(9-12)20-11(2)3/h6-11H,5H2,1-4H3. The Morgan fingerprint density at radius 2 is 2.19 bits per heavy atom. The van der Waals surface area contributed by atoms with Crippen LogP contribution in [0.1, 0.15) is 31.3 Å². The molecule has 0 aliphatic rings. The molecular formula is C16H20N2O2S. The second-order valence-electron chi connectivity index (χ2n) is 5.05. The molecule has 0 atom stereocenters. The fraction of sp³-hybridized carbons (Fsp3) is 0.375. The maximum atomic E-state index is 12.1. The van der Waals surface area contributed by atoms with Crippen LogP contribution in [0.25, 0.3) is 10.6 Å². The molecule has 4 nitrogen and oxygen atoms in total. The summed E-state index contributed by atoms with van der Waals surface area (Å²) in [6.45, 7) is 6.60. The number of nitrogens with zero attached hydrogens (tertiary/aromatic N) is 2. The van der Waals surface area contributed by atoms with Crippen molar-refractivity contribution < 1.29 is 9.53 Å². The van der Waals surface area contributed by atoms with E-state index in [0.29, 0.717) is 12.2 Å². The minimum Gasteiger partial charge on any atom is -0.491 e. The fourth-order valence-electron chi connectivity index (χ4n) is 1.82. The maximum absolute atomic E-state index is 12.1. The van der Waals surface area contributed by atoms with Crippen molar-refractivity contribution in [3.63, 3.8) is 0 Å². The van der Waals surface area contributed by atoms with E-state index < -0.39 is 0 Å². The summed E-state index contributed by atoms with van der Waals surface area (Å²) in [6.07, 6.45) is 0.131. The average Bonchev–Trinajstić information content (AvgIpc) is 2.95. The van der Waals surface area contributed by atoms with E-state index in [1.54, 1.807) is 17.3 Å². The molecule has 0 unspecified atom stereocenters. The Balaban J connectivity index is 2.23. The van der Waals surface area contributed by atoms with Gasteiger partial charge in [0.25, 0.3) is 5.91 Å². The lowest BCUT2D eigenvalue weighted by molar-refractivity contribution is 0.0797. The smallest absolute Gasteiger partial charge is 0.273 e. The van der Waals surface area contributed by atoms with Gasteiger partial charge in [-0.3, -0.25) is 4.79 Å². The van der Waals surface area contributed by atoms with Crippen LogP contribution < -0.4 is 4.74 Å². The number of ether oxygens (including phenoxy) is 1. The van der Waals surface area contributed by atoms with E-state index in [1.807, 2.05) is 45.0 Å². The zero-order chi connectivity index (χ0) is 15.4. The summed E-state index contributed by atoms with van der Waals surface area (Å²) < 4.78 is 5.69. The number of rotatable bonds is 5. The molecule has 112 valence electrons. The molecule has 0 bridgehead atoms. The minimum atomic E-state index is -0.0467. The van der Waals surface area contributed by atoms with Gasteiger partial charge in [0.2, 0.25) is 0 Å². The molecule has 0 fully saturated rings. The quantitative estimate of drug-likeness (QED) is 0.846. The zero-order valence-corrected chi connectivity index (χ0v) is 13.6. The molecule has 0 aliphatic heterocycles. The molecule has 0 saturated heterocycles. The molecule has 0 radical (unpaired) electrons. The summed E-state index contributed by atoms with van der Waals surface area (Å²) in [6, 6.07) is 7.79. The van der Waals surface area contributed by atoms with Gasteiger partial charge in [0.15, 0.2) is 0 Å². The Hall–Kier alpha value is -1.88. The van der Waals surface area contributed by atoms with Crippen molar-refractivity contribution in [3.8, 4) is 16.3 Å². The highest BCUT2D eigenvalue weighted by Gasteiger charge is 2.15. The third kappa shape index (κ3) is 3.82. The van der Waals surface area contributed by atoms with Crippen LogP contribution in [0.3, 0.4) is 0 Å². The van der Waals surface area contributed by atoms with Gasteiger partial charge < -0.3 is 9.64 Å². The molecule has 1 amide bonds. The lowest BCUT2D eigenvalue weighted by Crippen LogP contribution is -2.26. The lowest BCUT2D eigenvalue weighted by atomic mass is 10.2. The second-order valence-corrected chi connectivity index (χ2v) is 5.91. The van der Waals surface area contributed by atoms with Gasteiger partial charge in [-0.25, -0.2) is 4.98 Å². The number of benzene rings is 1. The Morgan fingerprint density at radius 3 is 2.86 bits per heavy atom. The van der Waals surface area contributed by atoms with Crippen molar-refractivity contribution in [3.05, 3.63) is 35.3 Å². The fourth-order valence-corrected chi connectivity index (χ4v) is 2.61. The van der Waals surface area contributed by atoms with Gasteiger partial charge in [0.1, 0.15) is 16.5 Å². The molecule has 1 heterocycles. The molecule has 5 heteroatoms. The topological polar surface area (TPSA) is 42.4 Å². The summed E-state index contributed by atoms with van der Waals surface area (Å²) in [5.41, 5.74) is 1.46. The summed E-state index contributed by atoms with van der Waals surface area (Å²) in [5, 5.41) is 2.64. The van der Waals surface area contributed by atoms with Crippen LogP contribution in [0.4, 0.5) is 0 Å². The Kier molecular flexibility index (Phi) is 4.96. The van der Waals surface area contributed by atoms with E-state index in [0.717, 1.165) is 16.3 Å². The molecule has 1 aromatic carbocycles. The number of hydrogen-bond acceptors (Lipinski definition) is 4. The van der Waals surface area contributed by atoms with Gasteiger partial charge in [-0.15, -0.1) is 11.3 Å². The SMILES string of the molecule is CCN(C)C(=O)c1csc(-c2cccc(OC(C)C)c2)n1. The van der Waals surface area contributed by atoms with Crippen LogP contribution in [-0.4, -0.2) is 35.5 Å². The van der Waals surface area contributed by atoms with E-state index in [1.165, 1.54) is 11.3 Å². The third-order valence-electron chi connectivity index (χ3n) is 3.00. The first-order chi connectivity index (χ1) is 10.0. The molecule has 0 saturated carbocycles. The molecule has 21 heavy (non-hydrogen) atoms. The first-order valence-electron chi connectivity index (χ1n) is 6.99. The van der Waals surface area contributed by atoms with Crippen molar-refractivity contribution in [2.24, 2.45) is 0 Å². The normalized spacial score (nSPS) is 10.7. The Morgan fingerprint density at radius 1 is 1.43 bits per heavy atom. The number of thiazole rings is 1. The first-order valence-corrected chi connectivity index (χ1v) is 7.87. The summed E-state index contributed by atoms with van der Waals surface area (Å²) in [4.78, 5) is 18.2. The highest BCUT2D eigenvalue weighted by Crippen LogP contribution is 2.27. The van der Waals surface area contributed by atoms with E-state index in [9.17, 15) is 4.79 Å². The Bertz CT molecular complexity index is 622. The highest BCUT2D eigenvalue weighted by molar-refractivity contribution is 7.13. The van der Waals surface area contributed by atoms with E-state index in [4.69, 9.17) is 4.74 Å². The van der Waals surface area contributed by atoms with E-state index in [-0.39, 0.29) is 12.0 Å². The van der Waals surface area contributed by atoms with Crippen molar-refractivity contribution in [2.45, 2.75) is 26.9 Å². The van der Waals surface area contributed by atoms with Crippen molar-refractivity contribution in [1.29, 1.82) is 0 Å². The molecular weight excluding hydrogens is 284 g/mol. The van der Waals surface area contributed by atoms with Crippen LogP contribution in [0.15, 0.2) is 29.6 Å². The van der Waals surface area contributed by atoms with Crippen LogP contribution in [0.5, 0.6) is 5.75 Å². The third-order valence-corrected chi connectivity index (χ3v) is 3.89. The van der Waals surface area contributed by atoms with Crippen LogP contribution in [-0.2, 0) is 0 Å². The van der Waals surface area contributed by atoms with E-state index in [2.05, 4.69) is 4.98 Å². The number of aromatic nitrogens is 1. The van der Waals surface area contributed by atoms with Gasteiger partial charge in [0, 0.05) is 24.5 Å². The molecule has 1 aromatic heterocycles. The molecule has 0 N–H and O–H groups in total. The van der Waals surface area contributed by atoms with Crippen molar-refractivity contribution in [2.75, 3.05) is 13.6 Å². The van der Waals surface area contributed by atoms with Gasteiger partial charge in [-0.05, 0) is 32.9 Å². The summed E-state index contributed by atoms with van der Waals surface area (Å²) >= 11 is 1.47. The minimum absolute atomic E-state index is 0.0467. The van der Waals surface area contributed by atoms with Crippen LogP contribution in [0.2, 0.25) is 0 Å². The number of hydrogen-bond donors (Lipinski definition) is 0. The predicted molar refractivity (Wildman–Crippen MR) is 85.9 cm³/mol. The molecule has 0 aliphatic carbocycles. The van der Waals surface area contributed by atoms with Crippen molar-refractivity contribution >= 4 is 17.2 Å². The first kappa shape index (κ1) is 15.5. The van der Waals surface area contributed by atoms with Gasteiger partial charge in [-0.2, -0.15) is 0 Å². The number of amides is 1. The largest absolute Gasteiger partial charge is 0.491 e. The number of carbonyl (C=O) groups is 1. The Labute approximate surface area is 129 Å². The summed E-state index contributed by atoms with van der Waals surface area (Å²) in [7, 11) is 1.78. The van der Waals surface area contributed by atoms with Gasteiger partial charge in [-0.1, -0.05) is 12.1 Å². The highest BCUT2D eigenvalue weighted by atomic mass is 32.1. The van der Waals surface area contributed by atoms with Crippen LogP contribution in [0, 0.1) is 0 Å². The van der Waals surface area contributed by atoms with Crippen LogP contribution >= 0.6 is 11.3 Å². The molecule has 2 aromatic rings. The lowest BCUT2D eigenvalue weighted by Gasteiger charge is -2.12. The van der Waals surface area contributed by atoms with Crippen molar-refractivity contribution in [1.82, 2.24) is 9.88 Å². The second kappa shape index (κ2) is 6.72. The average molecular weight is 304 g/mol.